The predicted octanol–water partition coefficient (Wildman–Crippen LogP) is 8.57. The van der Waals surface area contributed by atoms with E-state index in [1.807, 2.05) is 36.9 Å². The summed E-state index contributed by atoms with van der Waals surface area (Å²) in [7, 11) is 0. The Morgan fingerprint density at radius 3 is 1.17 bits per heavy atom. The summed E-state index contributed by atoms with van der Waals surface area (Å²) in [4.78, 5) is 14.2. The first kappa shape index (κ1) is 34.6. The lowest BCUT2D eigenvalue weighted by Gasteiger charge is -2.49. The number of nitrogens with zero attached hydrogens (tertiary/aromatic N) is 4. The van der Waals surface area contributed by atoms with Crippen LogP contribution in [-0.4, -0.2) is 23.4 Å². The van der Waals surface area contributed by atoms with Crippen molar-refractivity contribution in [3.63, 3.8) is 0 Å². The van der Waals surface area contributed by atoms with Crippen molar-refractivity contribution < 1.29 is 0 Å². The molecule has 6 aromatic carbocycles. The maximum absolute atomic E-state index is 4.53. The van der Waals surface area contributed by atoms with Gasteiger partial charge in [0.2, 0.25) is 13.4 Å². The fourth-order valence-corrected chi connectivity index (χ4v) is 10.8. The molecule has 0 saturated carbocycles. The Labute approximate surface area is 342 Å². The number of benzene rings is 6. The lowest BCUT2D eigenvalue weighted by atomic mass is 9.33. The minimum Gasteiger partial charge on any atom is -0.307 e. The van der Waals surface area contributed by atoms with Crippen molar-refractivity contribution in [1.29, 1.82) is 0 Å². The van der Waals surface area contributed by atoms with Crippen LogP contribution in [-0.2, 0) is 0 Å². The number of fused-ring (bicyclic) bond motifs is 6. The third-order valence-electron chi connectivity index (χ3n) is 12.9. The summed E-state index contributed by atoms with van der Waals surface area (Å²) in [6.07, 6.45) is 7.66. The van der Waals surface area contributed by atoms with E-state index in [1.54, 1.807) is 0 Å². The SMILES string of the molecule is Cc1cc(C)c(B2c3ccc(-c4cccnc4)cc3N3c4cccc5c4N(c4cc(-c6cccnc6)ccc4B5c4c(C)cc(C)cc4C)c4cccc2c43)c(C)c1. The average molecular weight is 745 g/mol. The summed E-state index contributed by atoms with van der Waals surface area (Å²) < 4.78 is 0. The first-order valence-corrected chi connectivity index (χ1v) is 20.4. The molecule has 0 fully saturated rings. The van der Waals surface area contributed by atoms with Crippen LogP contribution >= 0.6 is 0 Å². The molecule has 11 rings (SSSR count). The first-order valence-electron chi connectivity index (χ1n) is 20.4. The molecule has 5 heterocycles. The Morgan fingerprint density at radius 2 is 0.793 bits per heavy atom. The number of hydrogen-bond acceptors (Lipinski definition) is 4. The molecule has 58 heavy (non-hydrogen) atoms. The van der Waals surface area contributed by atoms with Gasteiger partial charge in [-0.25, -0.2) is 0 Å². The van der Waals surface area contributed by atoms with E-state index in [0.717, 1.165) is 22.3 Å². The number of para-hydroxylation sites is 2. The van der Waals surface area contributed by atoms with Crippen molar-refractivity contribution >= 4 is 80.3 Å². The molecule has 4 nitrogen and oxygen atoms in total. The van der Waals surface area contributed by atoms with Gasteiger partial charge in [-0.2, -0.15) is 0 Å². The summed E-state index contributed by atoms with van der Waals surface area (Å²) in [5.41, 5.74) is 27.8. The maximum Gasteiger partial charge on any atom is 0.247 e. The summed E-state index contributed by atoms with van der Waals surface area (Å²) in [6, 6.07) is 46.0. The van der Waals surface area contributed by atoms with E-state index in [4.69, 9.17) is 0 Å². The molecule has 0 unspecified atom stereocenters. The minimum atomic E-state index is 0.0473. The summed E-state index contributed by atoms with van der Waals surface area (Å²) in [5, 5.41) is 0. The van der Waals surface area contributed by atoms with Crippen molar-refractivity contribution in [2.75, 3.05) is 9.80 Å². The van der Waals surface area contributed by atoms with E-state index in [0.29, 0.717) is 0 Å². The van der Waals surface area contributed by atoms with Gasteiger partial charge in [0.15, 0.2) is 0 Å². The van der Waals surface area contributed by atoms with E-state index < -0.39 is 0 Å². The first-order chi connectivity index (χ1) is 28.3. The Morgan fingerprint density at radius 1 is 0.379 bits per heavy atom. The zero-order valence-corrected chi connectivity index (χ0v) is 33.8. The second-order valence-electron chi connectivity index (χ2n) is 16.6. The van der Waals surface area contributed by atoms with Gasteiger partial charge in [-0.05, 0) is 111 Å². The van der Waals surface area contributed by atoms with Crippen LogP contribution in [0.2, 0.25) is 0 Å². The molecule has 0 amide bonds. The zero-order valence-electron chi connectivity index (χ0n) is 33.8. The highest BCUT2D eigenvalue weighted by molar-refractivity contribution is 7.00. The van der Waals surface area contributed by atoms with Crippen molar-refractivity contribution in [2.45, 2.75) is 41.5 Å². The van der Waals surface area contributed by atoms with E-state index >= 15 is 0 Å². The number of hydrogen-bond donors (Lipinski definition) is 0. The topological polar surface area (TPSA) is 32.3 Å². The Bertz CT molecular complexity index is 2750. The van der Waals surface area contributed by atoms with Crippen LogP contribution in [0.3, 0.4) is 0 Å². The smallest absolute Gasteiger partial charge is 0.247 e. The van der Waals surface area contributed by atoms with Crippen molar-refractivity contribution in [3.05, 3.63) is 179 Å². The van der Waals surface area contributed by atoms with Gasteiger partial charge in [-0.3, -0.25) is 9.97 Å². The molecular weight excluding hydrogens is 702 g/mol. The second-order valence-corrected chi connectivity index (χ2v) is 16.6. The van der Waals surface area contributed by atoms with Gasteiger partial charge in [0.25, 0.3) is 0 Å². The zero-order chi connectivity index (χ0) is 39.4. The lowest BCUT2D eigenvalue weighted by molar-refractivity contribution is 1.18. The van der Waals surface area contributed by atoms with Crippen LogP contribution < -0.4 is 42.6 Å². The molecule has 0 atom stereocenters. The minimum absolute atomic E-state index is 0.0473. The maximum atomic E-state index is 4.53. The molecule has 8 aromatic rings. The second kappa shape index (κ2) is 12.9. The van der Waals surface area contributed by atoms with Crippen molar-refractivity contribution in [3.8, 4) is 22.3 Å². The third-order valence-corrected chi connectivity index (χ3v) is 12.9. The number of aromatic nitrogens is 2. The summed E-state index contributed by atoms with van der Waals surface area (Å²) in [6.45, 7) is 13.7. The van der Waals surface area contributed by atoms with E-state index in [-0.39, 0.29) is 13.4 Å². The van der Waals surface area contributed by atoms with Crippen LogP contribution in [0.1, 0.15) is 33.4 Å². The predicted molar refractivity (Wildman–Crippen MR) is 246 cm³/mol. The number of aryl methyl sites for hydroxylation is 6. The monoisotopic (exact) mass is 744 g/mol. The quantitative estimate of drug-likeness (QED) is 0.169. The lowest BCUT2D eigenvalue weighted by Crippen LogP contribution is -2.61. The van der Waals surface area contributed by atoms with E-state index in [2.05, 4.69) is 171 Å². The molecule has 6 heteroatoms. The molecule has 0 N–H and O–H groups in total. The van der Waals surface area contributed by atoms with Crippen LogP contribution in [0, 0.1) is 41.5 Å². The van der Waals surface area contributed by atoms with Crippen LogP contribution in [0.5, 0.6) is 0 Å². The molecule has 0 saturated heterocycles. The highest BCUT2D eigenvalue weighted by atomic mass is 15.3. The largest absolute Gasteiger partial charge is 0.307 e. The van der Waals surface area contributed by atoms with Gasteiger partial charge < -0.3 is 9.80 Å². The highest BCUT2D eigenvalue weighted by Crippen LogP contribution is 2.55. The Hall–Kier alpha value is -6.65. The average Bonchev–Trinajstić information content (AvgIpc) is 3.23. The van der Waals surface area contributed by atoms with Crippen LogP contribution in [0.25, 0.3) is 22.3 Å². The van der Waals surface area contributed by atoms with Crippen LogP contribution in [0.15, 0.2) is 146 Å². The molecule has 0 spiro atoms. The van der Waals surface area contributed by atoms with E-state index in [1.165, 1.54) is 100 Å². The molecule has 3 aliphatic rings. The summed E-state index contributed by atoms with van der Waals surface area (Å²) >= 11 is 0. The molecule has 0 aliphatic carbocycles. The molecular formula is C52H42B2N4. The molecule has 3 aliphatic heterocycles. The highest BCUT2D eigenvalue weighted by Gasteiger charge is 2.47. The van der Waals surface area contributed by atoms with Gasteiger partial charge in [0.1, 0.15) is 0 Å². The van der Waals surface area contributed by atoms with E-state index in [9.17, 15) is 0 Å². The molecule has 0 bridgehead atoms. The van der Waals surface area contributed by atoms with Crippen molar-refractivity contribution in [2.24, 2.45) is 0 Å². The third kappa shape index (κ3) is 5.04. The molecule has 0 radical (unpaired) electrons. The van der Waals surface area contributed by atoms with Gasteiger partial charge in [0.05, 0.1) is 22.7 Å². The number of pyridine rings is 2. The number of anilines is 6. The fraction of sp³-hybridized carbons (Fsp3) is 0.115. The Balaban J connectivity index is 1.25. The fourth-order valence-electron chi connectivity index (χ4n) is 10.8. The molecule has 2 aromatic heterocycles. The van der Waals surface area contributed by atoms with Crippen LogP contribution in [0.4, 0.5) is 34.1 Å². The van der Waals surface area contributed by atoms with Crippen molar-refractivity contribution in [1.82, 2.24) is 9.97 Å². The van der Waals surface area contributed by atoms with Gasteiger partial charge in [-0.1, -0.05) is 129 Å². The number of rotatable bonds is 4. The van der Waals surface area contributed by atoms with Gasteiger partial charge in [-0.15, -0.1) is 0 Å². The van der Waals surface area contributed by atoms with Gasteiger partial charge >= 0.3 is 0 Å². The molecule has 276 valence electrons. The standard InChI is InChI=1S/C52H42B2N4/c1-31-23-33(3)49(34(4)24-31)53-41-19-17-37(39-11-9-21-55-29-39)27-47(41)57-46-16-8-14-44-52(46)58(45-15-7-13-43(53)51(45)57)48-28-38(40-12-10-22-56-30-40)18-20-42(48)54(44)50-35(5)25-32(2)26-36(50)6/h7-30H,1-6H3. The van der Waals surface area contributed by atoms with Gasteiger partial charge in [0, 0.05) is 47.3 Å². The summed E-state index contributed by atoms with van der Waals surface area (Å²) in [5.74, 6) is 0. The normalized spacial score (nSPS) is 13.2. The Kier molecular flexibility index (Phi) is 7.72.